The Morgan fingerprint density at radius 3 is 2.41 bits per heavy atom. The first-order valence-corrected chi connectivity index (χ1v) is 8.88. The molecular weight excluding hydrogens is 344 g/mol. The molecule has 8 nitrogen and oxygen atoms in total. The van der Waals surface area contributed by atoms with Crippen molar-refractivity contribution in [1.29, 1.82) is 0 Å². The van der Waals surface area contributed by atoms with Gasteiger partial charge in [-0.2, -0.15) is 0 Å². The van der Waals surface area contributed by atoms with E-state index in [9.17, 15) is 9.59 Å². The molecule has 0 spiro atoms. The lowest BCUT2D eigenvalue weighted by Gasteiger charge is -2.21. The van der Waals surface area contributed by atoms with Gasteiger partial charge in [0.25, 0.3) is 0 Å². The zero-order chi connectivity index (χ0) is 20.4. The van der Waals surface area contributed by atoms with Crippen molar-refractivity contribution in [3.8, 4) is 0 Å². The van der Waals surface area contributed by atoms with Crippen molar-refractivity contribution < 1.29 is 9.59 Å². The third-order valence-corrected chi connectivity index (χ3v) is 3.28. The fraction of sp³-hybridized carbons (Fsp3) is 0.526. The van der Waals surface area contributed by atoms with E-state index in [2.05, 4.69) is 26.3 Å². The average molecular weight is 377 g/mol. The van der Waals surface area contributed by atoms with E-state index in [1.165, 1.54) is 0 Å². The highest BCUT2D eigenvalue weighted by Crippen LogP contribution is 2.10. The zero-order valence-electron chi connectivity index (χ0n) is 17.1. The van der Waals surface area contributed by atoms with Gasteiger partial charge in [-0.1, -0.05) is 12.1 Å². The summed E-state index contributed by atoms with van der Waals surface area (Å²) in [5, 5.41) is 11.9. The summed E-state index contributed by atoms with van der Waals surface area (Å²) >= 11 is 0. The van der Waals surface area contributed by atoms with Gasteiger partial charge in [-0.25, -0.2) is 0 Å². The van der Waals surface area contributed by atoms with Crippen molar-refractivity contribution in [3.05, 3.63) is 29.8 Å². The predicted molar refractivity (Wildman–Crippen MR) is 110 cm³/mol. The first-order chi connectivity index (χ1) is 12.6. The maximum atomic E-state index is 11.9. The number of nitrogens with zero attached hydrogens (tertiary/aromatic N) is 2. The Bertz CT molecular complexity index is 664. The molecule has 2 amide bonds. The number of benzene rings is 1. The van der Waals surface area contributed by atoms with Crippen LogP contribution in [0.25, 0.3) is 0 Å². The molecular formula is C19H32N6O2. The molecule has 0 heterocycles. The van der Waals surface area contributed by atoms with Crippen LogP contribution in [0.1, 0.15) is 26.3 Å². The molecule has 0 saturated heterocycles. The van der Waals surface area contributed by atoms with Gasteiger partial charge < -0.3 is 26.2 Å². The Balaban J connectivity index is 2.52. The molecule has 4 N–H and O–H groups in total. The standard InChI is InChI=1S/C19H32N6O2/c1-19(2,3)24-16(26)12-22-18(20-4)21-11-14-8-7-9-15(10-14)23-17(27)13-25(5)6/h7-10H,11-13H2,1-6H3,(H,23,27)(H,24,26)(H2,20,21,22). The number of hydrogen-bond donors (Lipinski definition) is 4. The summed E-state index contributed by atoms with van der Waals surface area (Å²) in [4.78, 5) is 29.7. The van der Waals surface area contributed by atoms with Crippen LogP contribution in [0.5, 0.6) is 0 Å². The lowest BCUT2D eigenvalue weighted by Crippen LogP contribution is -2.48. The monoisotopic (exact) mass is 376 g/mol. The Morgan fingerprint density at radius 2 is 1.81 bits per heavy atom. The summed E-state index contributed by atoms with van der Waals surface area (Å²) in [6, 6.07) is 7.59. The van der Waals surface area contributed by atoms with E-state index in [0.29, 0.717) is 19.0 Å². The first-order valence-electron chi connectivity index (χ1n) is 8.88. The van der Waals surface area contributed by atoms with Gasteiger partial charge in [0, 0.05) is 24.8 Å². The highest BCUT2D eigenvalue weighted by Gasteiger charge is 2.13. The SMILES string of the molecule is CN=C(NCC(=O)NC(C)(C)C)NCc1cccc(NC(=O)CN(C)C)c1. The Morgan fingerprint density at radius 1 is 1.11 bits per heavy atom. The van der Waals surface area contributed by atoms with Gasteiger partial charge in [0.05, 0.1) is 13.1 Å². The Labute approximate surface area is 161 Å². The van der Waals surface area contributed by atoms with Crippen LogP contribution >= 0.6 is 0 Å². The number of amides is 2. The van der Waals surface area contributed by atoms with Crippen LogP contribution in [0.3, 0.4) is 0 Å². The molecule has 0 aliphatic rings. The highest BCUT2D eigenvalue weighted by atomic mass is 16.2. The predicted octanol–water partition coefficient (Wildman–Crippen LogP) is 0.766. The largest absolute Gasteiger partial charge is 0.352 e. The lowest BCUT2D eigenvalue weighted by atomic mass is 10.1. The quantitative estimate of drug-likeness (QED) is 0.416. The third-order valence-electron chi connectivity index (χ3n) is 3.28. The molecule has 0 aliphatic heterocycles. The molecule has 1 aromatic carbocycles. The van der Waals surface area contributed by atoms with Crippen LogP contribution < -0.4 is 21.3 Å². The maximum absolute atomic E-state index is 11.9. The van der Waals surface area contributed by atoms with Crippen LogP contribution in [0, 0.1) is 0 Å². The topological polar surface area (TPSA) is 97.9 Å². The van der Waals surface area contributed by atoms with Crippen molar-refractivity contribution in [3.63, 3.8) is 0 Å². The molecule has 150 valence electrons. The molecule has 0 atom stereocenters. The van der Waals surface area contributed by atoms with E-state index in [-0.39, 0.29) is 23.9 Å². The number of aliphatic imine (C=N–C) groups is 1. The van der Waals surface area contributed by atoms with E-state index in [0.717, 1.165) is 11.3 Å². The first kappa shape index (κ1) is 22.4. The van der Waals surface area contributed by atoms with Crippen LogP contribution in [-0.4, -0.2) is 62.4 Å². The molecule has 1 aromatic rings. The van der Waals surface area contributed by atoms with Crippen molar-refractivity contribution in [2.24, 2.45) is 4.99 Å². The molecule has 0 bridgehead atoms. The Kier molecular flexibility index (Phi) is 8.74. The molecule has 0 unspecified atom stereocenters. The molecule has 8 heteroatoms. The number of hydrogen-bond acceptors (Lipinski definition) is 4. The van der Waals surface area contributed by atoms with Crippen LogP contribution in [-0.2, 0) is 16.1 Å². The molecule has 0 aromatic heterocycles. The van der Waals surface area contributed by atoms with Crippen LogP contribution in [0.4, 0.5) is 5.69 Å². The van der Waals surface area contributed by atoms with Crippen molar-refractivity contribution in [2.45, 2.75) is 32.9 Å². The number of carbonyl (C=O) groups excluding carboxylic acids is 2. The fourth-order valence-corrected chi connectivity index (χ4v) is 2.28. The van der Waals surface area contributed by atoms with E-state index in [1.54, 1.807) is 7.05 Å². The number of rotatable bonds is 7. The zero-order valence-corrected chi connectivity index (χ0v) is 17.1. The molecule has 0 saturated carbocycles. The summed E-state index contributed by atoms with van der Waals surface area (Å²) in [7, 11) is 5.34. The van der Waals surface area contributed by atoms with Crippen LogP contribution in [0.15, 0.2) is 29.3 Å². The minimum Gasteiger partial charge on any atom is -0.352 e. The van der Waals surface area contributed by atoms with Gasteiger partial charge in [0.15, 0.2) is 5.96 Å². The van der Waals surface area contributed by atoms with Crippen molar-refractivity contribution >= 4 is 23.5 Å². The molecule has 0 fully saturated rings. The van der Waals surface area contributed by atoms with Gasteiger partial charge in [-0.15, -0.1) is 0 Å². The van der Waals surface area contributed by atoms with Gasteiger partial charge in [0.1, 0.15) is 0 Å². The highest BCUT2D eigenvalue weighted by molar-refractivity contribution is 5.92. The lowest BCUT2D eigenvalue weighted by molar-refractivity contribution is -0.121. The molecule has 0 aliphatic carbocycles. The summed E-state index contributed by atoms with van der Waals surface area (Å²) in [6.45, 7) is 6.78. The van der Waals surface area contributed by atoms with E-state index >= 15 is 0 Å². The van der Waals surface area contributed by atoms with Gasteiger partial charge in [-0.05, 0) is 52.6 Å². The summed E-state index contributed by atoms with van der Waals surface area (Å²) in [6.07, 6.45) is 0. The number of nitrogens with one attached hydrogen (secondary N) is 4. The van der Waals surface area contributed by atoms with Gasteiger partial charge in [0.2, 0.25) is 11.8 Å². The molecule has 1 rings (SSSR count). The maximum Gasteiger partial charge on any atom is 0.239 e. The minimum atomic E-state index is -0.271. The smallest absolute Gasteiger partial charge is 0.239 e. The second-order valence-electron chi connectivity index (χ2n) is 7.56. The number of likely N-dealkylation sites (N-methyl/N-ethyl adjacent to an activating group) is 1. The van der Waals surface area contributed by atoms with Gasteiger partial charge in [-0.3, -0.25) is 14.6 Å². The normalized spacial score (nSPS) is 11.9. The summed E-state index contributed by atoms with van der Waals surface area (Å²) < 4.78 is 0. The minimum absolute atomic E-state index is 0.0625. The third kappa shape index (κ3) is 10.2. The van der Waals surface area contributed by atoms with Gasteiger partial charge >= 0.3 is 0 Å². The number of guanidine groups is 1. The van der Waals surface area contributed by atoms with E-state index in [4.69, 9.17) is 0 Å². The van der Waals surface area contributed by atoms with Crippen molar-refractivity contribution in [1.82, 2.24) is 20.9 Å². The molecule has 27 heavy (non-hydrogen) atoms. The Hall–Kier alpha value is -2.61. The van der Waals surface area contributed by atoms with E-state index in [1.807, 2.05) is 64.0 Å². The van der Waals surface area contributed by atoms with E-state index < -0.39 is 0 Å². The van der Waals surface area contributed by atoms with Crippen molar-refractivity contribution in [2.75, 3.05) is 39.5 Å². The fourth-order valence-electron chi connectivity index (χ4n) is 2.28. The number of carbonyl (C=O) groups is 2. The number of anilines is 1. The van der Waals surface area contributed by atoms with Crippen LogP contribution in [0.2, 0.25) is 0 Å². The summed E-state index contributed by atoms with van der Waals surface area (Å²) in [5.41, 5.74) is 1.46. The molecule has 0 radical (unpaired) electrons. The average Bonchev–Trinajstić information content (AvgIpc) is 2.52. The second-order valence-corrected chi connectivity index (χ2v) is 7.56. The summed E-state index contributed by atoms with van der Waals surface area (Å²) in [5.74, 6) is 0.365. The second kappa shape index (κ2) is 10.5.